The van der Waals surface area contributed by atoms with Crippen LogP contribution in [0.4, 0.5) is 0 Å². The van der Waals surface area contributed by atoms with Gasteiger partial charge in [-0.15, -0.1) is 0 Å². The molecule has 2 N–H and O–H groups in total. The Hall–Kier alpha value is -2.30. The number of nitrogens with one attached hydrogen (secondary N) is 1. The molecule has 0 unspecified atom stereocenters. The number of nitrogens with zero attached hydrogens (tertiary/aromatic N) is 1. The van der Waals surface area contributed by atoms with Gasteiger partial charge in [0.1, 0.15) is 0 Å². The molecule has 1 heterocycles. The standard InChI is InChI=1S/C12H12N2O3/c1-8-2-4-10(5-3-8)14-7-9(6-11(15)16)12(17)13-14/h2-5,7H,6H2,1H3,(H,13,17)(H,15,16). The molecule has 0 saturated carbocycles. The second-order valence-corrected chi connectivity index (χ2v) is 3.87. The number of aromatic amines is 1. The first-order chi connectivity index (χ1) is 8.06. The Morgan fingerprint density at radius 2 is 2.00 bits per heavy atom. The van der Waals surface area contributed by atoms with E-state index in [0.717, 1.165) is 11.3 Å². The first-order valence-corrected chi connectivity index (χ1v) is 5.15. The molecule has 1 aromatic carbocycles. The van der Waals surface area contributed by atoms with Gasteiger partial charge in [-0.1, -0.05) is 17.7 Å². The van der Waals surface area contributed by atoms with E-state index in [9.17, 15) is 9.59 Å². The number of rotatable bonds is 3. The highest BCUT2D eigenvalue weighted by molar-refractivity contribution is 5.69. The van der Waals surface area contributed by atoms with Gasteiger partial charge in [-0.2, -0.15) is 0 Å². The van der Waals surface area contributed by atoms with E-state index in [1.807, 2.05) is 31.2 Å². The second-order valence-electron chi connectivity index (χ2n) is 3.87. The molecule has 5 heteroatoms. The van der Waals surface area contributed by atoms with Crippen LogP contribution in [0, 0.1) is 6.92 Å². The topological polar surface area (TPSA) is 75.1 Å². The van der Waals surface area contributed by atoms with E-state index in [2.05, 4.69) is 5.10 Å². The third-order valence-corrected chi connectivity index (χ3v) is 2.45. The highest BCUT2D eigenvalue weighted by atomic mass is 16.4. The molecule has 0 amide bonds. The van der Waals surface area contributed by atoms with Gasteiger partial charge in [-0.3, -0.25) is 19.4 Å². The van der Waals surface area contributed by atoms with Gasteiger partial charge in [-0.05, 0) is 19.1 Å². The van der Waals surface area contributed by atoms with Crippen LogP contribution in [-0.2, 0) is 11.2 Å². The summed E-state index contributed by atoms with van der Waals surface area (Å²) < 4.78 is 1.53. The Morgan fingerprint density at radius 1 is 1.35 bits per heavy atom. The fourth-order valence-electron chi connectivity index (χ4n) is 1.56. The van der Waals surface area contributed by atoms with E-state index in [0.29, 0.717) is 0 Å². The van der Waals surface area contributed by atoms with Gasteiger partial charge in [0.2, 0.25) is 0 Å². The highest BCUT2D eigenvalue weighted by Gasteiger charge is 2.08. The molecule has 1 aromatic heterocycles. The lowest BCUT2D eigenvalue weighted by Gasteiger charge is -2.01. The molecule has 0 radical (unpaired) electrons. The Morgan fingerprint density at radius 3 is 2.59 bits per heavy atom. The monoisotopic (exact) mass is 232 g/mol. The van der Waals surface area contributed by atoms with Crippen LogP contribution in [0.15, 0.2) is 35.3 Å². The number of H-pyrrole nitrogens is 1. The van der Waals surface area contributed by atoms with Crippen LogP contribution in [-0.4, -0.2) is 20.9 Å². The van der Waals surface area contributed by atoms with Crippen LogP contribution < -0.4 is 5.56 Å². The molecule has 0 spiro atoms. The van der Waals surface area contributed by atoms with E-state index in [1.165, 1.54) is 10.9 Å². The number of aryl methyl sites for hydroxylation is 1. The fraction of sp³-hybridized carbons (Fsp3) is 0.167. The van der Waals surface area contributed by atoms with E-state index in [1.54, 1.807) is 0 Å². The van der Waals surface area contributed by atoms with Gasteiger partial charge < -0.3 is 5.11 Å². The minimum absolute atomic E-state index is 0.248. The molecule has 2 rings (SSSR count). The summed E-state index contributed by atoms with van der Waals surface area (Å²) in [5, 5.41) is 11.2. The minimum Gasteiger partial charge on any atom is -0.481 e. The Kier molecular flexibility index (Phi) is 2.82. The van der Waals surface area contributed by atoms with Gasteiger partial charge in [0.15, 0.2) is 0 Å². The van der Waals surface area contributed by atoms with Crippen molar-refractivity contribution in [1.82, 2.24) is 9.78 Å². The quantitative estimate of drug-likeness (QED) is 0.832. The maximum absolute atomic E-state index is 11.5. The molecular weight excluding hydrogens is 220 g/mol. The fourth-order valence-corrected chi connectivity index (χ4v) is 1.56. The smallest absolute Gasteiger partial charge is 0.308 e. The van der Waals surface area contributed by atoms with Crippen molar-refractivity contribution < 1.29 is 9.90 Å². The van der Waals surface area contributed by atoms with E-state index in [-0.39, 0.29) is 17.5 Å². The summed E-state index contributed by atoms with van der Waals surface area (Å²) in [5.74, 6) is -1.02. The molecule has 88 valence electrons. The first kappa shape index (κ1) is 11.2. The molecule has 0 fully saturated rings. The summed E-state index contributed by atoms with van der Waals surface area (Å²) in [6.45, 7) is 1.97. The van der Waals surface area contributed by atoms with Crippen molar-refractivity contribution in [3.05, 3.63) is 51.9 Å². The summed E-state index contributed by atoms with van der Waals surface area (Å²) in [6.07, 6.45) is 1.25. The van der Waals surface area contributed by atoms with Crippen LogP contribution >= 0.6 is 0 Å². The van der Waals surface area contributed by atoms with Crippen molar-refractivity contribution >= 4 is 5.97 Å². The Balaban J connectivity index is 2.37. The SMILES string of the molecule is Cc1ccc(-n2cc(CC(=O)O)c(=O)[nH]2)cc1. The highest BCUT2D eigenvalue weighted by Crippen LogP contribution is 2.08. The third kappa shape index (κ3) is 2.44. The van der Waals surface area contributed by atoms with Crippen molar-refractivity contribution in [2.24, 2.45) is 0 Å². The number of benzene rings is 1. The molecule has 0 aliphatic carbocycles. The third-order valence-electron chi connectivity index (χ3n) is 2.45. The number of aromatic nitrogens is 2. The first-order valence-electron chi connectivity index (χ1n) is 5.15. The maximum Gasteiger partial charge on any atom is 0.308 e. The predicted molar refractivity (Wildman–Crippen MR) is 62.5 cm³/mol. The average molecular weight is 232 g/mol. The van der Waals surface area contributed by atoms with Crippen LogP contribution in [0.1, 0.15) is 11.1 Å². The molecule has 2 aromatic rings. The van der Waals surface area contributed by atoms with Gasteiger partial charge in [-0.25, -0.2) is 0 Å². The van der Waals surface area contributed by atoms with E-state index >= 15 is 0 Å². The lowest BCUT2D eigenvalue weighted by Crippen LogP contribution is -2.11. The average Bonchev–Trinajstić information content (AvgIpc) is 2.60. The zero-order valence-electron chi connectivity index (χ0n) is 9.30. The van der Waals surface area contributed by atoms with Gasteiger partial charge in [0.05, 0.1) is 12.1 Å². The van der Waals surface area contributed by atoms with Crippen LogP contribution in [0.5, 0.6) is 0 Å². The zero-order chi connectivity index (χ0) is 12.4. The minimum atomic E-state index is -1.02. The van der Waals surface area contributed by atoms with Crippen molar-refractivity contribution in [2.75, 3.05) is 0 Å². The lowest BCUT2D eigenvalue weighted by atomic mass is 10.2. The molecule has 0 saturated heterocycles. The molecule has 0 bridgehead atoms. The maximum atomic E-state index is 11.5. The number of carboxylic acid groups (broad SMARTS) is 1. The van der Waals surface area contributed by atoms with E-state index < -0.39 is 5.97 Å². The molecular formula is C12H12N2O3. The molecule has 17 heavy (non-hydrogen) atoms. The van der Waals surface area contributed by atoms with Gasteiger partial charge >= 0.3 is 5.97 Å². The van der Waals surface area contributed by atoms with Gasteiger partial charge in [0.25, 0.3) is 5.56 Å². The lowest BCUT2D eigenvalue weighted by molar-refractivity contribution is -0.136. The van der Waals surface area contributed by atoms with Crippen LogP contribution in [0.25, 0.3) is 5.69 Å². The van der Waals surface area contributed by atoms with Crippen molar-refractivity contribution in [1.29, 1.82) is 0 Å². The number of hydrogen-bond acceptors (Lipinski definition) is 2. The molecule has 5 nitrogen and oxygen atoms in total. The number of hydrogen-bond donors (Lipinski definition) is 2. The summed E-state index contributed by atoms with van der Waals surface area (Å²) in [4.78, 5) is 22.0. The summed E-state index contributed by atoms with van der Waals surface area (Å²) in [7, 11) is 0. The number of aliphatic carboxylic acids is 1. The second kappa shape index (κ2) is 4.29. The molecule has 0 atom stereocenters. The van der Waals surface area contributed by atoms with E-state index in [4.69, 9.17) is 5.11 Å². The number of carboxylic acids is 1. The summed E-state index contributed by atoms with van der Waals surface area (Å²) >= 11 is 0. The zero-order valence-corrected chi connectivity index (χ0v) is 9.30. The predicted octanol–water partition coefficient (Wildman–Crippen LogP) is 1.10. The molecule has 0 aliphatic heterocycles. The van der Waals surface area contributed by atoms with Crippen LogP contribution in [0.2, 0.25) is 0 Å². The Labute approximate surface area is 97.3 Å². The Bertz CT molecular complexity index is 593. The van der Waals surface area contributed by atoms with Gasteiger partial charge in [0, 0.05) is 11.8 Å². The van der Waals surface area contributed by atoms with Crippen LogP contribution in [0.3, 0.4) is 0 Å². The summed E-state index contributed by atoms with van der Waals surface area (Å²) in [6, 6.07) is 7.56. The van der Waals surface area contributed by atoms with Crippen molar-refractivity contribution in [2.45, 2.75) is 13.3 Å². The van der Waals surface area contributed by atoms with Crippen molar-refractivity contribution in [3.63, 3.8) is 0 Å². The molecule has 0 aliphatic rings. The van der Waals surface area contributed by atoms with Crippen molar-refractivity contribution in [3.8, 4) is 5.69 Å². The summed E-state index contributed by atoms with van der Waals surface area (Å²) in [5.41, 5.74) is 1.80. The largest absolute Gasteiger partial charge is 0.481 e. The number of carbonyl (C=O) groups is 1. The normalized spacial score (nSPS) is 10.4.